The molecule has 326 valence electrons. The minimum absolute atomic E-state index is 0. The van der Waals surface area contributed by atoms with E-state index in [9.17, 15) is 13.6 Å². The molecule has 0 amide bonds. The first kappa shape index (κ1) is 43.9. The summed E-state index contributed by atoms with van der Waals surface area (Å²) in [6, 6.07) is 26.8. The van der Waals surface area contributed by atoms with Crippen LogP contribution in [0.5, 0.6) is 0 Å². The SMILES string of the molecule is C.CC1CCN(c2nc(-c3ccc(C#N)cc3)c(-c3ccc4nn(C)cc4c3)s2)CC1.[C-]#[N+]c1ccc(-c2nc(N3CCC(C)CC3)cc(=O)n2-c2ccc(C3CC3)c(F)c2)cc1F. The lowest BCUT2D eigenvalue weighted by Crippen LogP contribution is -2.35. The van der Waals surface area contributed by atoms with Crippen LogP contribution in [0.25, 0.3) is 54.5 Å². The molecule has 0 N–H and O–H groups in total. The molecule has 10 nitrogen and oxygen atoms in total. The van der Waals surface area contributed by atoms with Gasteiger partial charge in [0.25, 0.3) is 5.56 Å². The number of aromatic nitrogens is 5. The fourth-order valence-corrected chi connectivity index (χ4v) is 9.59. The highest BCUT2D eigenvalue weighted by Gasteiger charge is 2.28. The van der Waals surface area contributed by atoms with Gasteiger partial charge in [0.15, 0.2) is 5.13 Å². The number of fused-ring (bicyclic) bond motifs is 1. The van der Waals surface area contributed by atoms with E-state index in [1.807, 2.05) is 42.2 Å². The minimum Gasteiger partial charge on any atom is -0.356 e. The van der Waals surface area contributed by atoms with Crippen LogP contribution in [0, 0.1) is 41.4 Å². The molecule has 2 aliphatic heterocycles. The summed E-state index contributed by atoms with van der Waals surface area (Å²) in [7, 11) is 1.95. The Morgan fingerprint density at radius 1 is 0.781 bits per heavy atom. The molecule has 3 aliphatic rings. The maximum absolute atomic E-state index is 14.8. The van der Waals surface area contributed by atoms with Crippen molar-refractivity contribution >= 4 is 38.9 Å². The van der Waals surface area contributed by atoms with Gasteiger partial charge in [0.05, 0.1) is 40.0 Å². The molecule has 0 spiro atoms. The molecule has 64 heavy (non-hydrogen) atoms. The van der Waals surface area contributed by atoms with Crippen molar-refractivity contribution in [1.82, 2.24) is 24.3 Å². The molecule has 1 aliphatic carbocycles. The van der Waals surface area contributed by atoms with Crippen molar-refractivity contribution in [1.29, 1.82) is 5.26 Å². The van der Waals surface area contributed by atoms with Crippen molar-refractivity contribution in [2.75, 3.05) is 36.0 Å². The first-order valence-corrected chi connectivity index (χ1v) is 22.4. The zero-order chi connectivity index (χ0) is 43.8. The van der Waals surface area contributed by atoms with Gasteiger partial charge in [0.2, 0.25) is 5.69 Å². The molecule has 0 atom stereocenters. The van der Waals surface area contributed by atoms with E-state index in [1.54, 1.807) is 29.5 Å². The highest BCUT2D eigenvalue weighted by atomic mass is 32.1. The van der Waals surface area contributed by atoms with Crippen molar-refractivity contribution in [3.8, 4) is 44.8 Å². The Kier molecular flexibility index (Phi) is 12.7. The van der Waals surface area contributed by atoms with E-state index in [0.29, 0.717) is 34.1 Å². The number of nitriles is 1. The smallest absolute Gasteiger partial charge is 0.260 e. The van der Waals surface area contributed by atoms with Crippen LogP contribution >= 0.6 is 11.3 Å². The summed E-state index contributed by atoms with van der Waals surface area (Å²) in [5.74, 6) is 1.36. The number of piperidine rings is 2. The van der Waals surface area contributed by atoms with Crippen molar-refractivity contribution in [2.45, 2.75) is 65.7 Å². The summed E-state index contributed by atoms with van der Waals surface area (Å²) in [5, 5.41) is 15.9. The van der Waals surface area contributed by atoms with Crippen LogP contribution in [0.1, 0.15) is 76.8 Å². The zero-order valence-corrected chi connectivity index (χ0v) is 36.4. The summed E-state index contributed by atoms with van der Waals surface area (Å²) in [6.07, 6.45) is 8.42. The van der Waals surface area contributed by atoms with Crippen molar-refractivity contribution in [3.63, 3.8) is 0 Å². The second-order valence-corrected chi connectivity index (χ2v) is 18.1. The number of halogens is 2. The molecule has 10 rings (SSSR count). The topological polar surface area (TPSA) is 100 Å². The average Bonchev–Trinajstić information content (AvgIpc) is 3.92. The van der Waals surface area contributed by atoms with Gasteiger partial charge >= 0.3 is 0 Å². The molecule has 13 heteroatoms. The lowest BCUT2D eigenvalue weighted by atomic mass is 9.99. The quantitative estimate of drug-likeness (QED) is 0.147. The third-order valence-corrected chi connectivity index (χ3v) is 13.6. The second-order valence-electron chi connectivity index (χ2n) is 17.1. The maximum Gasteiger partial charge on any atom is 0.260 e. The third kappa shape index (κ3) is 9.18. The Bertz CT molecular complexity index is 2960. The summed E-state index contributed by atoms with van der Waals surface area (Å²) >= 11 is 1.76. The molecule has 1 saturated carbocycles. The zero-order valence-electron chi connectivity index (χ0n) is 35.6. The molecular formula is C51H51F2N9OS. The van der Waals surface area contributed by atoms with Crippen LogP contribution in [0.2, 0.25) is 0 Å². The number of benzene rings is 4. The van der Waals surface area contributed by atoms with Crippen LogP contribution in [0.4, 0.5) is 25.4 Å². The molecular weight excluding hydrogens is 825 g/mol. The van der Waals surface area contributed by atoms with Crippen LogP contribution in [0.15, 0.2) is 95.9 Å². The number of aryl methyl sites for hydroxylation is 1. The summed E-state index contributed by atoms with van der Waals surface area (Å²) in [6.45, 7) is 15.3. The Morgan fingerprint density at radius 2 is 1.45 bits per heavy atom. The molecule has 2 saturated heterocycles. The van der Waals surface area contributed by atoms with Gasteiger partial charge in [-0.15, -0.1) is 0 Å². The highest BCUT2D eigenvalue weighted by molar-refractivity contribution is 7.19. The van der Waals surface area contributed by atoms with E-state index >= 15 is 0 Å². The van der Waals surface area contributed by atoms with Gasteiger partial charge in [-0.2, -0.15) is 10.4 Å². The first-order chi connectivity index (χ1) is 30.5. The Morgan fingerprint density at radius 3 is 2.09 bits per heavy atom. The molecule has 5 heterocycles. The predicted molar refractivity (Wildman–Crippen MR) is 253 cm³/mol. The van der Waals surface area contributed by atoms with Crippen molar-refractivity contribution < 1.29 is 8.78 Å². The van der Waals surface area contributed by atoms with Gasteiger partial charge in [-0.05, 0) is 110 Å². The molecule has 4 aromatic carbocycles. The number of hydrogen-bond donors (Lipinski definition) is 0. The average molecular weight is 876 g/mol. The van der Waals surface area contributed by atoms with Gasteiger partial charge in [0.1, 0.15) is 23.3 Å². The number of anilines is 2. The van der Waals surface area contributed by atoms with E-state index in [1.165, 1.54) is 46.6 Å². The van der Waals surface area contributed by atoms with Crippen LogP contribution in [-0.4, -0.2) is 50.5 Å². The molecule has 0 bridgehead atoms. The van der Waals surface area contributed by atoms with Gasteiger partial charge < -0.3 is 9.80 Å². The minimum atomic E-state index is -0.684. The van der Waals surface area contributed by atoms with Gasteiger partial charge in [-0.1, -0.05) is 69.0 Å². The standard InChI is InChI=1S/C26H24F2N4O.C24H23N5S.CH4/c1-16-9-11-31(12-10-16)24-15-25(33)32(19-6-7-20(17-3-4-17)21(27)14-19)26(30-24)18-5-8-23(29-2)22(28)13-18;1-16-9-11-29(12-10-16)24-26-22(18-5-3-17(14-25)4-6-18)23(30-24)19-7-8-21-20(13-19)15-28(2)27-21;/h5-8,13-17H,3-4,9-12H2,1H3;3-8,13,15-16H,9-12H2,1-2H3;1H4. The first-order valence-electron chi connectivity index (χ1n) is 21.6. The van der Waals surface area contributed by atoms with Gasteiger partial charge in [0, 0.05) is 62.0 Å². The number of rotatable bonds is 7. The molecule has 3 fully saturated rings. The second kappa shape index (κ2) is 18.6. The molecule has 0 radical (unpaired) electrons. The van der Waals surface area contributed by atoms with Crippen molar-refractivity contribution in [3.05, 3.63) is 136 Å². The predicted octanol–water partition coefficient (Wildman–Crippen LogP) is 12.0. The molecule has 0 unspecified atom stereocenters. The van der Waals surface area contributed by atoms with Crippen LogP contribution in [-0.2, 0) is 7.05 Å². The number of thiazole rings is 1. The summed E-state index contributed by atoms with van der Waals surface area (Å²) in [4.78, 5) is 32.0. The van der Waals surface area contributed by atoms with Crippen molar-refractivity contribution in [2.24, 2.45) is 18.9 Å². The Balaban J connectivity index is 0.000000173. The van der Waals surface area contributed by atoms with Crippen LogP contribution < -0.4 is 15.4 Å². The Labute approximate surface area is 376 Å². The lowest BCUT2D eigenvalue weighted by molar-refractivity contribution is 0.436. The third-order valence-electron chi connectivity index (χ3n) is 12.4. The maximum atomic E-state index is 14.8. The molecule has 7 aromatic rings. The fourth-order valence-electron chi connectivity index (χ4n) is 8.46. The lowest BCUT2D eigenvalue weighted by Gasteiger charge is -2.31. The van der Waals surface area contributed by atoms with E-state index in [4.69, 9.17) is 21.8 Å². The highest BCUT2D eigenvalue weighted by Crippen LogP contribution is 2.43. The monoisotopic (exact) mass is 875 g/mol. The summed E-state index contributed by atoms with van der Waals surface area (Å²) in [5.41, 5.74) is 5.75. The van der Waals surface area contributed by atoms with E-state index in [0.717, 1.165) is 90.6 Å². The van der Waals surface area contributed by atoms with E-state index in [2.05, 4.69) is 57.9 Å². The largest absolute Gasteiger partial charge is 0.356 e. The van der Waals surface area contributed by atoms with Crippen LogP contribution in [0.3, 0.4) is 0 Å². The number of nitrogens with zero attached hydrogens (tertiary/aromatic N) is 9. The Hall–Kier alpha value is -6.70. The normalized spacial score (nSPS) is 15.5. The van der Waals surface area contributed by atoms with Gasteiger partial charge in [-0.25, -0.2) is 23.6 Å². The number of hydrogen-bond acceptors (Lipinski definition) is 8. The summed E-state index contributed by atoms with van der Waals surface area (Å²) < 4.78 is 32.5. The molecule has 3 aromatic heterocycles. The fraction of sp³-hybridized carbons (Fsp3) is 0.333. The van der Waals surface area contributed by atoms with E-state index in [-0.39, 0.29) is 36.2 Å². The van der Waals surface area contributed by atoms with E-state index < -0.39 is 5.82 Å². The van der Waals surface area contributed by atoms with Gasteiger partial charge in [-0.3, -0.25) is 14.0 Å².